The van der Waals surface area contributed by atoms with Crippen molar-refractivity contribution >= 4 is 0 Å². The molecule has 108 valence electrons. The van der Waals surface area contributed by atoms with Crippen LogP contribution in [0.25, 0.3) is 0 Å². The van der Waals surface area contributed by atoms with Gasteiger partial charge in [0.1, 0.15) is 0 Å². The third-order valence-electron chi connectivity index (χ3n) is 2.77. The molecule has 0 aliphatic heterocycles. The Balaban J connectivity index is 2.30. The number of rotatable bonds is 11. The molecule has 4 nitrogen and oxygen atoms in total. The highest BCUT2D eigenvalue weighted by atomic mass is 16.5. The molecule has 0 aliphatic carbocycles. The van der Waals surface area contributed by atoms with Gasteiger partial charge in [0, 0.05) is 13.7 Å². The molecule has 1 atom stereocenters. The smallest absolute Gasteiger partial charge is 0.0826 e. The molecule has 0 radical (unpaired) electrons. The van der Waals surface area contributed by atoms with Gasteiger partial charge in [-0.1, -0.05) is 30.3 Å². The van der Waals surface area contributed by atoms with Crippen LogP contribution in [0.5, 0.6) is 0 Å². The first-order valence-electron chi connectivity index (χ1n) is 6.72. The average molecular weight is 268 g/mol. The Kier molecular flexibility index (Phi) is 9.27. The van der Waals surface area contributed by atoms with E-state index in [9.17, 15) is 0 Å². The minimum absolute atomic E-state index is 0.0272. The lowest BCUT2D eigenvalue weighted by Gasteiger charge is -2.18. The molecule has 0 aliphatic rings. The Labute approximate surface area is 115 Å². The molecule has 0 fully saturated rings. The summed E-state index contributed by atoms with van der Waals surface area (Å²) in [5, 5.41) is 8.94. The lowest BCUT2D eigenvalue weighted by molar-refractivity contribution is -0.0119. The zero-order valence-corrected chi connectivity index (χ0v) is 11.6. The van der Waals surface area contributed by atoms with E-state index in [1.807, 2.05) is 30.3 Å². The molecular weight excluding hydrogens is 244 g/mol. The quantitative estimate of drug-likeness (QED) is 0.625. The second kappa shape index (κ2) is 10.9. The van der Waals surface area contributed by atoms with E-state index in [1.54, 1.807) is 7.11 Å². The summed E-state index contributed by atoms with van der Waals surface area (Å²) in [5.74, 6) is 0. The lowest BCUT2D eigenvalue weighted by Crippen LogP contribution is -2.12. The van der Waals surface area contributed by atoms with E-state index in [1.165, 1.54) is 0 Å². The molecule has 4 heteroatoms. The standard InChI is InChI=1S/C15H24O4/c1-17-10-11-18-12-13-19-15(8-5-9-16)14-6-3-2-4-7-14/h2-4,6-7,15-16H,5,8-13H2,1H3. The first-order valence-corrected chi connectivity index (χ1v) is 6.72. The fourth-order valence-electron chi connectivity index (χ4n) is 1.78. The second-order valence-corrected chi connectivity index (χ2v) is 4.24. The van der Waals surface area contributed by atoms with E-state index in [0.717, 1.165) is 18.4 Å². The van der Waals surface area contributed by atoms with Crippen LogP contribution in [0.2, 0.25) is 0 Å². The predicted molar refractivity (Wildman–Crippen MR) is 74.1 cm³/mol. The third-order valence-corrected chi connectivity index (χ3v) is 2.77. The van der Waals surface area contributed by atoms with Crippen molar-refractivity contribution in [2.45, 2.75) is 18.9 Å². The summed E-state index contributed by atoms with van der Waals surface area (Å²) in [6.07, 6.45) is 1.59. The van der Waals surface area contributed by atoms with Gasteiger partial charge in [0.25, 0.3) is 0 Å². The molecule has 0 spiro atoms. The van der Waals surface area contributed by atoms with E-state index in [2.05, 4.69) is 0 Å². The Bertz CT molecular complexity index is 302. The molecule has 1 rings (SSSR count). The first-order chi connectivity index (χ1) is 9.38. The summed E-state index contributed by atoms with van der Waals surface area (Å²) >= 11 is 0. The topological polar surface area (TPSA) is 47.9 Å². The van der Waals surface area contributed by atoms with Crippen molar-refractivity contribution in [2.24, 2.45) is 0 Å². The van der Waals surface area contributed by atoms with Gasteiger partial charge < -0.3 is 19.3 Å². The van der Waals surface area contributed by atoms with Crippen molar-refractivity contribution in [1.29, 1.82) is 0 Å². The number of methoxy groups -OCH3 is 1. The summed E-state index contributed by atoms with van der Waals surface area (Å²) in [7, 11) is 1.65. The van der Waals surface area contributed by atoms with Crippen LogP contribution in [-0.2, 0) is 14.2 Å². The maximum atomic E-state index is 8.94. The molecule has 0 saturated heterocycles. The van der Waals surface area contributed by atoms with Crippen LogP contribution in [0.4, 0.5) is 0 Å². The van der Waals surface area contributed by atoms with Crippen LogP contribution in [0.3, 0.4) is 0 Å². The van der Waals surface area contributed by atoms with E-state index >= 15 is 0 Å². The zero-order chi connectivity index (χ0) is 13.8. The van der Waals surface area contributed by atoms with Gasteiger partial charge in [0.05, 0.1) is 32.5 Å². The third kappa shape index (κ3) is 7.28. The van der Waals surface area contributed by atoms with Gasteiger partial charge in [-0.25, -0.2) is 0 Å². The van der Waals surface area contributed by atoms with Gasteiger partial charge in [-0.05, 0) is 18.4 Å². The van der Waals surface area contributed by atoms with Gasteiger partial charge >= 0.3 is 0 Å². The number of aliphatic hydroxyl groups is 1. The highest BCUT2D eigenvalue weighted by Gasteiger charge is 2.10. The molecule has 1 N–H and O–H groups in total. The molecule has 1 aromatic rings. The van der Waals surface area contributed by atoms with E-state index in [-0.39, 0.29) is 12.7 Å². The molecule has 0 amide bonds. The number of hydrogen-bond acceptors (Lipinski definition) is 4. The maximum absolute atomic E-state index is 8.94. The fourth-order valence-corrected chi connectivity index (χ4v) is 1.78. The average Bonchev–Trinajstić information content (AvgIpc) is 2.46. The highest BCUT2D eigenvalue weighted by molar-refractivity contribution is 5.17. The van der Waals surface area contributed by atoms with Crippen molar-refractivity contribution in [3.05, 3.63) is 35.9 Å². The van der Waals surface area contributed by atoms with Crippen LogP contribution in [0, 0.1) is 0 Å². The van der Waals surface area contributed by atoms with Crippen molar-refractivity contribution in [2.75, 3.05) is 40.1 Å². The van der Waals surface area contributed by atoms with Gasteiger partial charge in [0.2, 0.25) is 0 Å². The predicted octanol–water partition coefficient (Wildman–Crippen LogP) is 2.18. The van der Waals surface area contributed by atoms with Crippen LogP contribution < -0.4 is 0 Å². The van der Waals surface area contributed by atoms with Crippen molar-refractivity contribution < 1.29 is 19.3 Å². The molecule has 1 aromatic carbocycles. The first kappa shape index (κ1) is 16.1. The Morgan fingerprint density at radius 2 is 1.79 bits per heavy atom. The van der Waals surface area contributed by atoms with Crippen LogP contribution in [0.15, 0.2) is 30.3 Å². The van der Waals surface area contributed by atoms with Gasteiger partial charge in [-0.15, -0.1) is 0 Å². The highest BCUT2D eigenvalue weighted by Crippen LogP contribution is 2.22. The largest absolute Gasteiger partial charge is 0.396 e. The van der Waals surface area contributed by atoms with E-state index in [4.69, 9.17) is 19.3 Å². The number of aliphatic hydroxyl groups excluding tert-OH is 1. The van der Waals surface area contributed by atoms with E-state index < -0.39 is 0 Å². The number of hydrogen-bond donors (Lipinski definition) is 1. The summed E-state index contributed by atoms with van der Waals surface area (Å²) in [4.78, 5) is 0. The fraction of sp³-hybridized carbons (Fsp3) is 0.600. The van der Waals surface area contributed by atoms with Gasteiger partial charge in [0.15, 0.2) is 0 Å². The second-order valence-electron chi connectivity index (χ2n) is 4.24. The normalized spacial score (nSPS) is 12.5. The summed E-state index contributed by atoms with van der Waals surface area (Å²) < 4.78 is 16.1. The SMILES string of the molecule is COCCOCCOC(CCCO)c1ccccc1. The Hall–Kier alpha value is -0.940. The maximum Gasteiger partial charge on any atom is 0.0826 e. The number of benzene rings is 1. The summed E-state index contributed by atoms with van der Waals surface area (Å²) in [6, 6.07) is 10.1. The molecule has 0 bridgehead atoms. The monoisotopic (exact) mass is 268 g/mol. The molecule has 0 aromatic heterocycles. The van der Waals surface area contributed by atoms with Crippen LogP contribution in [-0.4, -0.2) is 45.3 Å². The van der Waals surface area contributed by atoms with Crippen molar-refractivity contribution in [3.63, 3.8) is 0 Å². The zero-order valence-electron chi connectivity index (χ0n) is 11.6. The minimum atomic E-state index is 0.0272. The molecule has 19 heavy (non-hydrogen) atoms. The molecule has 1 unspecified atom stereocenters. The lowest BCUT2D eigenvalue weighted by atomic mass is 10.1. The Morgan fingerprint density at radius 3 is 2.47 bits per heavy atom. The number of ether oxygens (including phenoxy) is 3. The van der Waals surface area contributed by atoms with Crippen LogP contribution in [0.1, 0.15) is 24.5 Å². The van der Waals surface area contributed by atoms with Gasteiger partial charge in [-0.2, -0.15) is 0 Å². The van der Waals surface area contributed by atoms with Crippen LogP contribution >= 0.6 is 0 Å². The summed E-state index contributed by atoms with van der Waals surface area (Å²) in [5.41, 5.74) is 1.15. The van der Waals surface area contributed by atoms with Gasteiger partial charge in [-0.3, -0.25) is 0 Å². The molecular formula is C15H24O4. The molecule has 0 saturated carbocycles. The van der Waals surface area contributed by atoms with E-state index in [0.29, 0.717) is 26.4 Å². The van der Waals surface area contributed by atoms with Crippen molar-refractivity contribution in [1.82, 2.24) is 0 Å². The minimum Gasteiger partial charge on any atom is -0.396 e. The molecule has 0 heterocycles. The van der Waals surface area contributed by atoms with Crippen molar-refractivity contribution in [3.8, 4) is 0 Å². The Morgan fingerprint density at radius 1 is 1.05 bits per heavy atom. The summed E-state index contributed by atoms with van der Waals surface area (Å²) in [6.45, 7) is 2.50.